The van der Waals surface area contributed by atoms with Crippen molar-refractivity contribution >= 4 is 0 Å². The van der Waals surface area contributed by atoms with E-state index >= 15 is 0 Å². The van der Waals surface area contributed by atoms with Crippen LogP contribution in [0.1, 0.15) is 93.9 Å². The molecule has 0 aromatic rings. The minimum Gasteiger partial charge on any atom is -0.378 e. The van der Waals surface area contributed by atoms with Crippen molar-refractivity contribution in [3.8, 4) is 0 Å². The molecule has 0 saturated carbocycles. The van der Waals surface area contributed by atoms with E-state index in [4.69, 9.17) is 9.47 Å². The Labute approximate surface area is 162 Å². The standard InChI is InChI=1S/C22H44N2O2/c1-19(2)12-11-17(15-20(3,4)23-19)25-13-9-10-14-26-18-16-21(5,6)24-22(18,7)8/h17-18,23-24H,9-16H2,1-8H3. The summed E-state index contributed by atoms with van der Waals surface area (Å²) in [7, 11) is 0. The number of hydrogen-bond acceptors (Lipinski definition) is 4. The summed E-state index contributed by atoms with van der Waals surface area (Å²) in [4.78, 5) is 0. The molecule has 2 unspecified atom stereocenters. The van der Waals surface area contributed by atoms with Crippen LogP contribution in [-0.4, -0.2) is 47.6 Å². The second kappa shape index (κ2) is 8.06. The Morgan fingerprint density at radius 1 is 0.731 bits per heavy atom. The van der Waals surface area contributed by atoms with Crippen LogP contribution in [0.5, 0.6) is 0 Å². The van der Waals surface area contributed by atoms with Gasteiger partial charge in [0.25, 0.3) is 0 Å². The van der Waals surface area contributed by atoms with Crippen LogP contribution in [0.3, 0.4) is 0 Å². The lowest BCUT2D eigenvalue weighted by Crippen LogP contribution is -2.50. The topological polar surface area (TPSA) is 42.5 Å². The zero-order valence-electron chi connectivity index (χ0n) is 18.6. The van der Waals surface area contributed by atoms with Gasteiger partial charge in [0.15, 0.2) is 0 Å². The first-order valence-electron chi connectivity index (χ1n) is 10.6. The Bertz CT molecular complexity index is 457. The molecule has 2 N–H and O–H groups in total. The molecular weight excluding hydrogens is 324 g/mol. The van der Waals surface area contributed by atoms with Crippen molar-refractivity contribution in [2.75, 3.05) is 13.2 Å². The third kappa shape index (κ3) is 6.78. The van der Waals surface area contributed by atoms with Crippen LogP contribution in [-0.2, 0) is 9.47 Å². The molecule has 0 aromatic heterocycles. The fourth-order valence-corrected chi connectivity index (χ4v) is 5.03. The summed E-state index contributed by atoms with van der Waals surface area (Å²) >= 11 is 0. The smallest absolute Gasteiger partial charge is 0.0768 e. The molecule has 0 amide bonds. The average molecular weight is 369 g/mol. The van der Waals surface area contributed by atoms with Gasteiger partial charge in [-0.15, -0.1) is 0 Å². The molecule has 2 heterocycles. The highest BCUT2D eigenvalue weighted by Gasteiger charge is 2.44. The van der Waals surface area contributed by atoms with Crippen LogP contribution in [0, 0.1) is 0 Å². The van der Waals surface area contributed by atoms with Gasteiger partial charge >= 0.3 is 0 Å². The quantitative estimate of drug-likeness (QED) is 0.653. The number of hydrogen-bond donors (Lipinski definition) is 2. The average Bonchev–Trinajstić information content (AvgIpc) is 2.57. The highest BCUT2D eigenvalue weighted by molar-refractivity contribution is 5.04. The van der Waals surface area contributed by atoms with Crippen LogP contribution >= 0.6 is 0 Å². The van der Waals surface area contributed by atoms with Gasteiger partial charge in [-0.2, -0.15) is 0 Å². The Balaban J connectivity index is 1.64. The molecule has 26 heavy (non-hydrogen) atoms. The SMILES string of the molecule is CC1(C)CCC(OCCCCOC2CC(C)(C)NC2(C)C)CC(C)(C)N1. The van der Waals surface area contributed by atoms with Crippen molar-refractivity contribution < 1.29 is 9.47 Å². The number of nitrogens with one attached hydrogen (secondary N) is 2. The van der Waals surface area contributed by atoms with E-state index in [1.807, 2.05) is 0 Å². The molecule has 4 heteroatoms. The molecule has 2 aliphatic heterocycles. The van der Waals surface area contributed by atoms with E-state index in [0.717, 1.165) is 45.3 Å². The van der Waals surface area contributed by atoms with Crippen LogP contribution < -0.4 is 10.6 Å². The Morgan fingerprint density at radius 2 is 1.31 bits per heavy atom. The van der Waals surface area contributed by atoms with E-state index in [-0.39, 0.29) is 22.2 Å². The summed E-state index contributed by atoms with van der Waals surface area (Å²) in [5, 5.41) is 7.45. The van der Waals surface area contributed by atoms with Gasteiger partial charge < -0.3 is 20.1 Å². The largest absolute Gasteiger partial charge is 0.378 e. The third-order valence-corrected chi connectivity index (χ3v) is 5.88. The predicted molar refractivity (Wildman–Crippen MR) is 110 cm³/mol. The third-order valence-electron chi connectivity index (χ3n) is 5.88. The van der Waals surface area contributed by atoms with Gasteiger partial charge in [-0.25, -0.2) is 0 Å². The maximum absolute atomic E-state index is 6.23. The van der Waals surface area contributed by atoms with Crippen LogP contribution in [0.4, 0.5) is 0 Å². The van der Waals surface area contributed by atoms with Crippen molar-refractivity contribution in [3.05, 3.63) is 0 Å². The number of rotatable bonds is 7. The molecule has 154 valence electrons. The molecule has 2 aliphatic rings. The van der Waals surface area contributed by atoms with E-state index in [1.54, 1.807) is 0 Å². The van der Waals surface area contributed by atoms with Crippen LogP contribution in [0.2, 0.25) is 0 Å². The van der Waals surface area contributed by atoms with E-state index < -0.39 is 0 Å². The molecule has 0 spiro atoms. The Hall–Kier alpha value is -0.160. The second-order valence-electron chi connectivity index (χ2n) is 11.1. The first-order chi connectivity index (χ1) is 11.8. The minimum atomic E-state index is 0.0612. The van der Waals surface area contributed by atoms with Crippen LogP contribution in [0.25, 0.3) is 0 Å². The first kappa shape index (κ1) is 22.1. The molecule has 0 radical (unpaired) electrons. The summed E-state index contributed by atoms with van der Waals surface area (Å²) in [5.41, 5.74) is 0.574. The fourth-order valence-electron chi connectivity index (χ4n) is 5.03. The molecular formula is C22H44N2O2. The first-order valence-corrected chi connectivity index (χ1v) is 10.6. The van der Waals surface area contributed by atoms with Gasteiger partial charge in [0.05, 0.1) is 12.2 Å². The summed E-state index contributed by atoms with van der Waals surface area (Å²) in [6.07, 6.45) is 7.32. The summed E-state index contributed by atoms with van der Waals surface area (Å²) < 4.78 is 12.4. The van der Waals surface area contributed by atoms with E-state index in [9.17, 15) is 0 Å². The second-order valence-corrected chi connectivity index (χ2v) is 11.1. The zero-order valence-corrected chi connectivity index (χ0v) is 18.6. The molecule has 2 saturated heterocycles. The summed E-state index contributed by atoms with van der Waals surface area (Å²) in [6, 6.07) is 0. The molecule has 2 rings (SSSR count). The Morgan fingerprint density at radius 3 is 1.88 bits per heavy atom. The monoisotopic (exact) mass is 368 g/mol. The highest BCUT2D eigenvalue weighted by Crippen LogP contribution is 2.33. The molecule has 2 fully saturated rings. The fraction of sp³-hybridized carbons (Fsp3) is 1.00. The van der Waals surface area contributed by atoms with Crippen molar-refractivity contribution in [1.82, 2.24) is 10.6 Å². The van der Waals surface area contributed by atoms with Crippen molar-refractivity contribution in [2.24, 2.45) is 0 Å². The maximum Gasteiger partial charge on any atom is 0.0768 e. The van der Waals surface area contributed by atoms with Gasteiger partial charge in [0, 0.05) is 35.4 Å². The lowest BCUT2D eigenvalue weighted by atomic mass is 9.96. The van der Waals surface area contributed by atoms with Gasteiger partial charge in [0.1, 0.15) is 0 Å². The Kier molecular flexibility index (Phi) is 6.86. The van der Waals surface area contributed by atoms with E-state index in [0.29, 0.717) is 12.2 Å². The van der Waals surface area contributed by atoms with Crippen LogP contribution in [0.15, 0.2) is 0 Å². The normalized spacial score (nSPS) is 32.3. The summed E-state index contributed by atoms with van der Waals surface area (Å²) in [5.74, 6) is 0. The summed E-state index contributed by atoms with van der Waals surface area (Å²) in [6.45, 7) is 19.9. The number of unbranched alkanes of at least 4 members (excludes halogenated alkanes) is 1. The van der Waals surface area contributed by atoms with E-state index in [2.05, 4.69) is 66.0 Å². The van der Waals surface area contributed by atoms with Gasteiger partial charge in [-0.3, -0.25) is 0 Å². The van der Waals surface area contributed by atoms with E-state index in [1.165, 1.54) is 6.42 Å². The van der Waals surface area contributed by atoms with Gasteiger partial charge in [-0.05, 0) is 93.9 Å². The molecule has 4 nitrogen and oxygen atoms in total. The number of ether oxygens (including phenoxy) is 2. The van der Waals surface area contributed by atoms with Gasteiger partial charge in [0.2, 0.25) is 0 Å². The van der Waals surface area contributed by atoms with Crippen molar-refractivity contribution in [1.29, 1.82) is 0 Å². The zero-order chi connectivity index (χ0) is 19.6. The molecule has 2 atom stereocenters. The minimum absolute atomic E-state index is 0.0612. The molecule has 0 bridgehead atoms. The van der Waals surface area contributed by atoms with Crippen molar-refractivity contribution in [3.63, 3.8) is 0 Å². The lowest BCUT2D eigenvalue weighted by molar-refractivity contribution is 0.00453. The highest BCUT2D eigenvalue weighted by atomic mass is 16.5. The molecule has 0 aliphatic carbocycles. The van der Waals surface area contributed by atoms with Gasteiger partial charge in [-0.1, -0.05) is 0 Å². The molecule has 0 aromatic carbocycles. The van der Waals surface area contributed by atoms with Crippen molar-refractivity contribution in [2.45, 2.75) is 128 Å². The predicted octanol–water partition coefficient (Wildman–Crippen LogP) is 4.42. The maximum atomic E-state index is 6.23. The lowest BCUT2D eigenvalue weighted by Gasteiger charge is -2.34.